The third-order valence-electron chi connectivity index (χ3n) is 4.63. The standard InChI is InChI=1S/C22H24N4O4/c1-14-7-8-15(2)19(11-14)26-21(28)10-9-18(25-26)22(29)24-16-5-4-6-17(12-16)30-13-20(27)23-3/h4-8,11-12H,9-10,13H2,1-3H3,(H,23,27)(H,24,29). The summed E-state index contributed by atoms with van der Waals surface area (Å²) in [5, 5.41) is 10.9. The summed E-state index contributed by atoms with van der Waals surface area (Å²) in [5.74, 6) is -0.336. The van der Waals surface area contributed by atoms with Crippen LogP contribution in [0.1, 0.15) is 24.0 Å². The number of carbonyl (C=O) groups is 3. The van der Waals surface area contributed by atoms with Gasteiger partial charge in [0.25, 0.3) is 11.8 Å². The maximum atomic E-state index is 12.7. The first kappa shape index (κ1) is 21.0. The molecule has 0 saturated heterocycles. The number of hydrogen-bond acceptors (Lipinski definition) is 5. The minimum atomic E-state index is -0.388. The number of anilines is 2. The molecule has 0 atom stereocenters. The highest BCUT2D eigenvalue weighted by Gasteiger charge is 2.26. The van der Waals surface area contributed by atoms with Gasteiger partial charge < -0.3 is 15.4 Å². The maximum absolute atomic E-state index is 12.7. The third-order valence-corrected chi connectivity index (χ3v) is 4.63. The van der Waals surface area contributed by atoms with Crippen molar-refractivity contribution < 1.29 is 19.1 Å². The molecule has 0 aliphatic carbocycles. The van der Waals surface area contributed by atoms with Crippen molar-refractivity contribution in [3.05, 3.63) is 53.6 Å². The fourth-order valence-electron chi connectivity index (χ4n) is 2.94. The zero-order valence-corrected chi connectivity index (χ0v) is 17.2. The van der Waals surface area contributed by atoms with Crippen LogP contribution < -0.4 is 20.4 Å². The molecule has 156 valence electrons. The van der Waals surface area contributed by atoms with E-state index >= 15 is 0 Å². The van der Waals surface area contributed by atoms with Crippen molar-refractivity contribution in [3.8, 4) is 5.75 Å². The van der Waals surface area contributed by atoms with Crippen LogP contribution in [0.15, 0.2) is 47.6 Å². The molecule has 1 aliphatic heterocycles. The van der Waals surface area contributed by atoms with Gasteiger partial charge in [-0.2, -0.15) is 5.10 Å². The maximum Gasteiger partial charge on any atom is 0.271 e. The third kappa shape index (κ3) is 5.02. The van der Waals surface area contributed by atoms with Gasteiger partial charge in [-0.25, -0.2) is 5.01 Å². The summed E-state index contributed by atoms with van der Waals surface area (Å²) >= 11 is 0. The average Bonchev–Trinajstić information content (AvgIpc) is 2.74. The van der Waals surface area contributed by atoms with E-state index in [1.807, 2.05) is 32.0 Å². The molecular formula is C22H24N4O4. The van der Waals surface area contributed by atoms with E-state index in [1.165, 1.54) is 12.1 Å². The molecule has 1 heterocycles. The fraction of sp³-hybridized carbons (Fsp3) is 0.273. The van der Waals surface area contributed by atoms with Crippen LogP contribution in [0, 0.1) is 13.8 Å². The lowest BCUT2D eigenvalue weighted by Crippen LogP contribution is -2.36. The normalized spacial score (nSPS) is 13.5. The van der Waals surface area contributed by atoms with Gasteiger partial charge in [-0.1, -0.05) is 18.2 Å². The number of hydrogen-bond donors (Lipinski definition) is 2. The summed E-state index contributed by atoms with van der Waals surface area (Å²) in [5.41, 5.74) is 3.36. The Kier molecular flexibility index (Phi) is 6.46. The van der Waals surface area contributed by atoms with E-state index in [0.717, 1.165) is 11.1 Å². The monoisotopic (exact) mass is 408 g/mol. The minimum Gasteiger partial charge on any atom is -0.484 e. The number of aryl methyl sites for hydroxylation is 2. The number of ether oxygens (including phenoxy) is 1. The molecule has 0 bridgehead atoms. The van der Waals surface area contributed by atoms with Gasteiger partial charge >= 0.3 is 0 Å². The van der Waals surface area contributed by atoms with Gasteiger partial charge in [0.2, 0.25) is 5.91 Å². The molecule has 0 unspecified atom stereocenters. The molecule has 30 heavy (non-hydrogen) atoms. The second kappa shape index (κ2) is 9.21. The van der Waals surface area contributed by atoms with E-state index in [-0.39, 0.29) is 42.9 Å². The van der Waals surface area contributed by atoms with Crippen LogP contribution in [-0.2, 0) is 14.4 Å². The molecule has 3 amide bonds. The molecule has 0 aromatic heterocycles. The Morgan fingerprint density at radius 3 is 2.70 bits per heavy atom. The number of benzene rings is 2. The molecule has 0 radical (unpaired) electrons. The van der Waals surface area contributed by atoms with Crippen LogP contribution >= 0.6 is 0 Å². The lowest BCUT2D eigenvalue weighted by atomic mass is 10.1. The van der Waals surface area contributed by atoms with E-state index in [9.17, 15) is 14.4 Å². The second-order valence-electron chi connectivity index (χ2n) is 6.99. The summed E-state index contributed by atoms with van der Waals surface area (Å²) in [6, 6.07) is 12.5. The van der Waals surface area contributed by atoms with Crippen LogP contribution in [0.5, 0.6) is 5.75 Å². The molecule has 8 heteroatoms. The minimum absolute atomic E-state index is 0.118. The Labute approximate surface area is 174 Å². The highest BCUT2D eigenvalue weighted by Crippen LogP contribution is 2.26. The Morgan fingerprint density at radius 1 is 1.13 bits per heavy atom. The molecule has 8 nitrogen and oxygen atoms in total. The number of hydrazone groups is 1. The molecule has 2 aromatic carbocycles. The van der Waals surface area contributed by atoms with E-state index in [2.05, 4.69) is 15.7 Å². The highest BCUT2D eigenvalue weighted by atomic mass is 16.5. The van der Waals surface area contributed by atoms with Gasteiger partial charge in [-0.05, 0) is 43.2 Å². The fourth-order valence-corrected chi connectivity index (χ4v) is 2.94. The molecular weight excluding hydrogens is 384 g/mol. The SMILES string of the molecule is CNC(=O)COc1cccc(NC(=O)C2=NN(c3cc(C)ccc3C)C(=O)CC2)c1. The first-order valence-electron chi connectivity index (χ1n) is 9.60. The van der Waals surface area contributed by atoms with Gasteiger partial charge in [-0.3, -0.25) is 14.4 Å². The lowest BCUT2D eigenvalue weighted by Gasteiger charge is -2.24. The van der Waals surface area contributed by atoms with Crippen LogP contribution in [-0.4, -0.2) is 37.1 Å². The molecule has 3 rings (SSSR count). The summed E-state index contributed by atoms with van der Waals surface area (Å²) in [7, 11) is 1.53. The van der Waals surface area contributed by atoms with Crippen molar-refractivity contribution in [2.75, 3.05) is 24.0 Å². The van der Waals surface area contributed by atoms with E-state index in [1.54, 1.807) is 24.3 Å². The van der Waals surface area contributed by atoms with Crippen molar-refractivity contribution in [1.82, 2.24) is 5.32 Å². The molecule has 0 saturated carbocycles. The Morgan fingerprint density at radius 2 is 1.93 bits per heavy atom. The Hall–Kier alpha value is -3.68. The molecule has 2 aromatic rings. The summed E-state index contributed by atoms with van der Waals surface area (Å²) in [6.07, 6.45) is 0.466. The largest absolute Gasteiger partial charge is 0.484 e. The van der Waals surface area contributed by atoms with E-state index in [0.29, 0.717) is 17.1 Å². The molecule has 0 spiro atoms. The first-order chi connectivity index (χ1) is 14.4. The number of carbonyl (C=O) groups excluding carboxylic acids is 3. The van der Waals surface area contributed by atoms with Crippen molar-refractivity contribution >= 4 is 34.8 Å². The van der Waals surface area contributed by atoms with Crippen LogP contribution in [0.3, 0.4) is 0 Å². The Bertz CT molecular complexity index is 1020. The van der Waals surface area contributed by atoms with Crippen molar-refractivity contribution in [2.24, 2.45) is 5.10 Å². The van der Waals surface area contributed by atoms with Gasteiger partial charge in [0.1, 0.15) is 11.5 Å². The average molecular weight is 408 g/mol. The highest BCUT2D eigenvalue weighted by molar-refractivity contribution is 6.44. The Balaban J connectivity index is 1.76. The number of rotatable bonds is 6. The number of likely N-dealkylation sites (N-methyl/N-ethyl adjacent to an activating group) is 1. The lowest BCUT2D eigenvalue weighted by molar-refractivity contribution is -0.122. The topological polar surface area (TPSA) is 100 Å². The van der Waals surface area contributed by atoms with Gasteiger partial charge in [0, 0.05) is 31.6 Å². The summed E-state index contributed by atoms with van der Waals surface area (Å²) < 4.78 is 5.39. The van der Waals surface area contributed by atoms with Crippen LogP contribution in [0.2, 0.25) is 0 Å². The predicted octanol–water partition coefficient (Wildman–Crippen LogP) is 2.55. The van der Waals surface area contributed by atoms with Gasteiger partial charge in [0.05, 0.1) is 5.69 Å². The molecule has 2 N–H and O–H groups in total. The number of nitrogens with zero attached hydrogens (tertiary/aromatic N) is 2. The zero-order valence-electron chi connectivity index (χ0n) is 17.2. The van der Waals surface area contributed by atoms with Crippen molar-refractivity contribution in [1.29, 1.82) is 0 Å². The molecule has 1 aliphatic rings. The summed E-state index contributed by atoms with van der Waals surface area (Å²) in [4.78, 5) is 36.5. The van der Waals surface area contributed by atoms with Crippen molar-refractivity contribution in [2.45, 2.75) is 26.7 Å². The second-order valence-corrected chi connectivity index (χ2v) is 6.99. The smallest absolute Gasteiger partial charge is 0.271 e. The zero-order chi connectivity index (χ0) is 21.7. The van der Waals surface area contributed by atoms with E-state index in [4.69, 9.17) is 4.74 Å². The summed E-state index contributed by atoms with van der Waals surface area (Å²) in [6.45, 7) is 3.72. The number of amides is 3. The van der Waals surface area contributed by atoms with Gasteiger partial charge in [0.15, 0.2) is 6.61 Å². The van der Waals surface area contributed by atoms with Gasteiger partial charge in [-0.15, -0.1) is 0 Å². The molecule has 0 fully saturated rings. The predicted molar refractivity (Wildman–Crippen MR) is 115 cm³/mol. The van der Waals surface area contributed by atoms with E-state index < -0.39 is 0 Å². The number of nitrogens with one attached hydrogen (secondary N) is 2. The van der Waals surface area contributed by atoms with Crippen molar-refractivity contribution in [3.63, 3.8) is 0 Å². The first-order valence-corrected chi connectivity index (χ1v) is 9.60. The van der Waals surface area contributed by atoms with Crippen LogP contribution in [0.4, 0.5) is 11.4 Å². The van der Waals surface area contributed by atoms with Crippen LogP contribution in [0.25, 0.3) is 0 Å². The quantitative estimate of drug-likeness (QED) is 0.767.